The lowest BCUT2D eigenvalue weighted by molar-refractivity contribution is 0.147. The van der Waals surface area contributed by atoms with E-state index in [0.29, 0.717) is 6.04 Å². The zero-order chi connectivity index (χ0) is 13.7. The molecule has 2 aliphatic rings. The molecule has 112 valence electrons. The van der Waals surface area contributed by atoms with Crippen LogP contribution in [-0.2, 0) is 0 Å². The summed E-state index contributed by atoms with van der Waals surface area (Å²) in [5.74, 6) is 1.79. The molecule has 2 nitrogen and oxygen atoms in total. The van der Waals surface area contributed by atoms with Crippen LogP contribution in [0.3, 0.4) is 0 Å². The summed E-state index contributed by atoms with van der Waals surface area (Å²) in [6.45, 7) is 11.1. The Bertz CT molecular complexity index is 246. The van der Waals surface area contributed by atoms with Crippen molar-refractivity contribution < 1.29 is 0 Å². The molecule has 0 bridgehead atoms. The average Bonchev–Trinajstić information content (AvgIpc) is 2.42. The first-order valence-electron chi connectivity index (χ1n) is 8.69. The van der Waals surface area contributed by atoms with Gasteiger partial charge in [0.25, 0.3) is 0 Å². The minimum absolute atomic E-state index is 0.717. The molecule has 1 aliphatic carbocycles. The van der Waals surface area contributed by atoms with Gasteiger partial charge in [-0.1, -0.05) is 26.7 Å². The van der Waals surface area contributed by atoms with Crippen molar-refractivity contribution in [3.63, 3.8) is 0 Å². The lowest BCUT2D eigenvalue weighted by atomic mass is 9.83. The largest absolute Gasteiger partial charge is 0.311 e. The van der Waals surface area contributed by atoms with Gasteiger partial charge in [0.1, 0.15) is 0 Å². The maximum Gasteiger partial charge on any atom is 0.00952 e. The maximum absolute atomic E-state index is 3.97. The van der Waals surface area contributed by atoms with Crippen LogP contribution in [0, 0.1) is 11.8 Å². The average molecular weight is 266 g/mol. The van der Waals surface area contributed by atoms with E-state index in [2.05, 4.69) is 31.0 Å². The smallest absolute Gasteiger partial charge is 0.00952 e. The summed E-state index contributed by atoms with van der Waals surface area (Å²) in [6.07, 6.45) is 9.81. The first-order chi connectivity index (χ1) is 9.20. The van der Waals surface area contributed by atoms with Gasteiger partial charge in [-0.3, -0.25) is 0 Å². The van der Waals surface area contributed by atoms with Crippen molar-refractivity contribution in [1.82, 2.24) is 10.2 Å². The molecule has 0 spiro atoms. The van der Waals surface area contributed by atoms with Gasteiger partial charge in [-0.05, 0) is 70.5 Å². The summed E-state index contributed by atoms with van der Waals surface area (Å²) in [4.78, 5) is 2.65. The van der Waals surface area contributed by atoms with Crippen molar-refractivity contribution in [2.45, 2.75) is 77.8 Å². The van der Waals surface area contributed by atoms with Crippen LogP contribution in [0.4, 0.5) is 0 Å². The topological polar surface area (TPSA) is 15.3 Å². The van der Waals surface area contributed by atoms with Gasteiger partial charge in [-0.2, -0.15) is 0 Å². The normalized spacial score (nSPS) is 32.4. The molecule has 19 heavy (non-hydrogen) atoms. The third-order valence-corrected chi connectivity index (χ3v) is 5.47. The quantitative estimate of drug-likeness (QED) is 0.817. The molecule has 1 aliphatic heterocycles. The second-order valence-electron chi connectivity index (χ2n) is 7.00. The fourth-order valence-corrected chi connectivity index (χ4v) is 4.03. The Morgan fingerprint density at radius 1 is 1.11 bits per heavy atom. The van der Waals surface area contributed by atoms with Crippen molar-refractivity contribution in [2.24, 2.45) is 11.8 Å². The molecule has 0 amide bonds. The molecule has 0 radical (unpaired) electrons. The van der Waals surface area contributed by atoms with E-state index in [1.165, 1.54) is 64.6 Å². The van der Waals surface area contributed by atoms with Gasteiger partial charge in [0.05, 0.1) is 0 Å². The van der Waals surface area contributed by atoms with E-state index in [1.807, 2.05) is 0 Å². The summed E-state index contributed by atoms with van der Waals surface area (Å²) >= 11 is 0. The van der Waals surface area contributed by atoms with Crippen LogP contribution in [0.15, 0.2) is 0 Å². The summed E-state index contributed by atoms with van der Waals surface area (Å²) in [7, 11) is 0. The summed E-state index contributed by atoms with van der Waals surface area (Å²) in [5, 5.41) is 3.97. The van der Waals surface area contributed by atoms with E-state index in [0.717, 1.165) is 17.9 Å². The van der Waals surface area contributed by atoms with Gasteiger partial charge in [-0.15, -0.1) is 0 Å². The van der Waals surface area contributed by atoms with Crippen LogP contribution in [0.1, 0.15) is 65.7 Å². The Morgan fingerprint density at radius 3 is 2.42 bits per heavy atom. The van der Waals surface area contributed by atoms with Crippen molar-refractivity contribution in [1.29, 1.82) is 0 Å². The number of piperidine rings is 1. The second-order valence-corrected chi connectivity index (χ2v) is 7.00. The third-order valence-electron chi connectivity index (χ3n) is 5.47. The molecule has 2 fully saturated rings. The lowest BCUT2D eigenvalue weighted by Crippen LogP contribution is -2.48. The molecule has 1 N–H and O–H groups in total. The molecule has 0 aromatic rings. The van der Waals surface area contributed by atoms with E-state index in [1.54, 1.807) is 0 Å². The highest BCUT2D eigenvalue weighted by atomic mass is 15.1. The minimum Gasteiger partial charge on any atom is -0.311 e. The zero-order valence-electron chi connectivity index (χ0n) is 13.3. The van der Waals surface area contributed by atoms with E-state index in [-0.39, 0.29) is 0 Å². The molecule has 1 heterocycles. The highest BCUT2D eigenvalue weighted by molar-refractivity contribution is 4.85. The van der Waals surface area contributed by atoms with E-state index >= 15 is 0 Å². The first-order valence-corrected chi connectivity index (χ1v) is 8.69. The Balaban J connectivity index is 1.73. The molecule has 1 saturated heterocycles. The second kappa shape index (κ2) is 7.64. The molecule has 2 rings (SSSR count). The van der Waals surface area contributed by atoms with Gasteiger partial charge < -0.3 is 10.2 Å². The Morgan fingerprint density at radius 2 is 1.79 bits per heavy atom. The number of nitrogens with zero attached hydrogens (tertiary/aromatic N) is 1. The summed E-state index contributed by atoms with van der Waals surface area (Å²) < 4.78 is 0. The summed E-state index contributed by atoms with van der Waals surface area (Å²) in [5.41, 5.74) is 0. The van der Waals surface area contributed by atoms with Gasteiger partial charge in [0.2, 0.25) is 0 Å². The van der Waals surface area contributed by atoms with Gasteiger partial charge in [-0.25, -0.2) is 0 Å². The summed E-state index contributed by atoms with van der Waals surface area (Å²) in [6, 6.07) is 1.51. The Hall–Kier alpha value is -0.0800. The first kappa shape index (κ1) is 15.3. The van der Waals surface area contributed by atoms with Crippen molar-refractivity contribution in [2.75, 3.05) is 19.6 Å². The predicted octanol–water partition coefficient (Wildman–Crippen LogP) is 3.67. The van der Waals surface area contributed by atoms with Gasteiger partial charge >= 0.3 is 0 Å². The van der Waals surface area contributed by atoms with Crippen LogP contribution in [-0.4, -0.2) is 36.6 Å². The van der Waals surface area contributed by atoms with Crippen LogP contribution in [0.25, 0.3) is 0 Å². The molecule has 0 aromatic heterocycles. The number of likely N-dealkylation sites (tertiary alicyclic amines) is 1. The highest BCUT2D eigenvalue weighted by Gasteiger charge is 2.27. The highest BCUT2D eigenvalue weighted by Crippen LogP contribution is 2.27. The monoisotopic (exact) mass is 266 g/mol. The molecular formula is C17H34N2. The lowest BCUT2D eigenvalue weighted by Gasteiger charge is -2.38. The maximum atomic E-state index is 3.97. The Labute approximate surface area is 120 Å². The molecule has 1 saturated carbocycles. The SMILES string of the molecule is CCCN1CCC(C(C)NC2CCCCC2C)CC1. The number of hydrogen-bond acceptors (Lipinski definition) is 2. The molecule has 3 atom stereocenters. The van der Waals surface area contributed by atoms with E-state index in [4.69, 9.17) is 0 Å². The zero-order valence-corrected chi connectivity index (χ0v) is 13.3. The van der Waals surface area contributed by atoms with Crippen molar-refractivity contribution in [3.05, 3.63) is 0 Å². The van der Waals surface area contributed by atoms with Gasteiger partial charge in [0, 0.05) is 12.1 Å². The van der Waals surface area contributed by atoms with E-state index in [9.17, 15) is 0 Å². The predicted molar refractivity (Wildman–Crippen MR) is 83.5 cm³/mol. The van der Waals surface area contributed by atoms with Gasteiger partial charge in [0.15, 0.2) is 0 Å². The van der Waals surface area contributed by atoms with Crippen LogP contribution >= 0.6 is 0 Å². The molecule has 2 heteroatoms. The van der Waals surface area contributed by atoms with Crippen LogP contribution in [0.5, 0.6) is 0 Å². The number of rotatable bonds is 5. The van der Waals surface area contributed by atoms with Crippen LogP contribution in [0.2, 0.25) is 0 Å². The molecule has 3 unspecified atom stereocenters. The van der Waals surface area contributed by atoms with Crippen molar-refractivity contribution in [3.8, 4) is 0 Å². The number of nitrogens with one attached hydrogen (secondary N) is 1. The minimum atomic E-state index is 0.717. The third kappa shape index (κ3) is 4.46. The Kier molecular flexibility index (Phi) is 6.15. The molecule has 0 aromatic carbocycles. The number of hydrogen-bond donors (Lipinski definition) is 1. The van der Waals surface area contributed by atoms with Crippen molar-refractivity contribution >= 4 is 0 Å². The molecular weight excluding hydrogens is 232 g/mol. The fraction of sp³-hybridized carbons (Fsp3) is 1.00. The standard InChI is InChI=1S/C17H34N2/c1-4-11-19-12-9-16(10-13-19)15(3)18-17-8-6-5-7-14(17)2/h14-18H,4-13H2,1-3H3. The van der Waals surface area contributed by atoms with Crippen LogP contribution < -0.4 is 5.32 Å². The van der Waals surface area contributed by atoms with E-state index < -0.39 is 0 Å². The fourth-order valence-electron chi connectivity index (χ4n) is 4.03.